The Bertz CT molecular complexity index is 261. The standard InChI is InChI=1S/C11H18O4/c1-4-13-10(12)7-5-6-8-9(7)15-11(2,3)14-8/h7-9H,4-6H2,1-3H3/t7?,8-,9+/m0/s1. The number of carbonyl (C=O) groups is 1. The molecule has 3 atom stereocenters. The zero-order chi connectivity index (χ0) is 11.1. The summed E-state index contributed by atoms with van der Waals surface area (Å²) in [5, 5.41) is 0. The smallest absolute Gasteiger partial charge is 0.311 e. The molecule has 0 spiro atoms. The molecule has 1 heterocycles. The summed E-state index contributed by atoms with van der Waals surface area (Å²) >= 11 is 0. The average Bonchev–Trinajstić information content (AvgIpc) is 2.59. The van der Waals surface area contributed by atoms with Crippen molar-refractivity contribution < 1.29 is 19.0 Å². The van der Waals surface area contributed by atoms with Crippen LogP contribution >= 0.6 is 0 Å². The quantitative estimate of drug-likeness (QED) is 0.653. The van der Waals surface area contributed by atoms with Crippen LogP contribution in [0.1, 0.15) is 33.6 Å². The zero-order valence-corrected chi connectivity index (χ0v) is 9.49. The fourth-order valence-corrected chi connectivity index (χ4v) is 2.44. The SMILES string of the molecule is CCOC(=O)C1CC[C@@H]2OC(C)(C)O[C@H]12. The Labute approximate surface area is 89.9 Å². The first kappa shape index (κ1) is 10.9. The number of fused-ring (bicyclic) bond motifs is 1. The Morgan fingerprint density at radius 1 is 1.40 bits per heavy atom. The van der Waals surface area contributed by atoms with Gasteiger partial charge in [0.25, 0.3) is 0 Å². The molecular formula is C11H18O4. The van der Waals surface area contributed by atoms with Gasteiger partial charge in [-0.1, -0.05) is 0 Å². The van der Waals surface area contributed by atoms with Gasteiger partial charge in [-0.05, 0) is 33.6 Å². The predicted molar refractivity (Wildman–Crippen MR) is 53.2 cm³/mol. The highest BCUT2D eigenvalue weighted by atomic mass is 16.8. The lowest BCUT2D eigenvalue weighted by molar-refractivity contribution is -0.168. The number of hydrogen-bond acceptors (Lipinski definition) is 4. The molecule has 0 aromatic heterocycles. The number of carbonyl (C=O) groups excluding carboxylic acids is 1. The third kappa shape index (κ3) is 2.01. The van der Waals surface area contributed by atoms with Crippen LogP contribution in [0.15, 0.2) is 0 Å². The van der Waals surface area contributed by atoms with Gasteiger partial charge in [0, 0.05) is 0 Å². The molecule has 0 aromatic carbocycles. The van der Waals surface area contributed by atoms with Crippen molar-refractivity contribution in [2.45, 2.75) is 51.6 Å². The van der Waals surface area contributed by atoms with Crippen molar-refractivity contribution >= 4 is 5.97 Å². The second-order valence-electron chi connectivity index (χ2n) is 4.57. The van der Waals surface area contributed by atoms with Gasteiger partial charge >= 0.3 is 5.97 Å². The van der Waals surface area contributed by atoms with Gasteiger partial charge in [0.1, 0.15) is 6.10 Å². The molecule has 0 bridgehead atoms. The second-order valence-corrected chi connectivity index (χ2v) is 4.57. The maximum absolute atomic E-state index is 11.6. The Kier molecular flexibility index (Phi) is 2.73. The Morgan fingerprint density at radius 3 is 2.80 bits per heavy atom. The summed E-state index contributed by atoms with van der Waals surface area (Å²) in [6.45, 7) is 6.01. The van der Waals surface area contributed by atoms with Crippen molar-refractivity contribution in [3.05, 3.63) is 0 Å². The molecule has 4 heteroatoms. The van der Waals surface area contributed by atoms with Gasteiger partial charge in [0.05, 0.1) is 18.6 Å². The lowest BCUT2D eigenvalue weighted by Crippen LogP contribution is -2.31. The number of ether oxygens (including phenoxy) is 3. The van der Waals surface area contributed by atoms with E-state index < -0.39 is 5.79 Å². The molecule has 1 unspecified atom stereocenters. The highest BCUT2D eigenvalue weighted by Crippen LogP contribution is 2.41. The minimum atomic E-state index is -0.555. The molecule has 2 rings (SSSR count). The van der Waals surface area contributed by atoms with Crippen molar-refractivity contribution in [3.63, 3.8) is 0 Å². The van der Waals surface area contributed by atoms with Gasteiger partial charge in [-0.3, -0.25) is 4.79 Å². The number of hydrogen-bond donors (Lipinski definition) is 0. The maximum Gasteiger partial charge on any atom is 0.311 e. The molecule has 1 aliphatic heterocycles. The van der Waals surface area contributed by atoms with Gasteiger partial charge in [-0.25, -0.2) is 0 Å². The monoisotopic (exact) mass is 214 g/mol. The van der Waals surface area contributed by atoms with Crippen LogP contribution in [0.5, 0.6) is 0 Å². The van der Waals surface area contributed by atoms with Crippen molar-refractivity contribution in [2.75, 3.05) is 6.61 Å². The Balaban J connectivity index is 2.02. The summed E-state index contributed by atoms with van der Waals surface area (Å²) in [6.07, 6.45) is 1.65. The minimum absolute atomic E-state index is 0.0643. The summed E-state index contributed by atoms with van der Waals surface area (Å²) in [7, 11) is 0. The van der Waals surface area contributed by atoms with Crippen LogP contribution < -0.4 is 0 Å². The van der Waals surface area contributed by atoms with E-state index in [0.717, 1.165) is 12.8 Å². The molecule has 0 N–H and O–H groups in total. The first-order chi connectivity index (χ1) is 7.03. The number of rotatable bonds is 2. The fraction of sp³-hybridized carbons (Fsp3) is 0.909. The van der Waals surface area contributed by atoms with Crippen molar-refractivity contribution in [2.24, 2.45) is 5.92 Å². The minimum Gasteiger partial charge on any atom is -0.466 e. The van der Waals surface area contributed by atoms with Gasteiger partial charge < -0.3 is 14.2 Å². The third-order valence-corrected chi connectivity index (χ3v) is 2.97. The van der Waals surface area contributed by atoms with Crippen LogP contribution in [0.2, 0.25) is 0 Å². The molecule has 2 aliphatic rings. The summed E-state index contributed by atoms with van der Waals surface area (Å²) in [4.78, 5) is 11.6. The van der Waals surface area contributed by atoms with E-state index in [1.54, 1.807) is 0 Å². The zero-order valence-electron chi connectivity index (χ0n) is 9.49. The summed E-state index contributed by atoms with van der Waals surface area (Å²) < 4.78 is 16.5. The maximum atomic E-state index is 11.6. The van der Waals surface area contributed by atoms with Crippen molar-refractivity contribution in [3.8, 4) is 0 Å². The first-order valence-corrected chi connectivity index (χ1v) is 5.56. The molecule has 4 nitrogen and oxygen atoms in total. The summed E-state index contributed by atoms with van der Waals surface area (Å²) in [5.74, 6) is -0.844. The lowest BCUT2D eigenvalue weighted by atomic mass is 10.1. The van der Waals surface area contributed by atoms with Crippen LogP contribution in [0.3, 0.4) is 0 Å². The molecular weight excluding hydrogens is 196 g/mol. The topological polar surface area (TPSA) is 44.8 Å². The van der Waals surface area contributed by atoms with E-state index in [1.807, 2.05) is 20.8 Å². The molecule has 0 radical (unpaired) electrons. The predicted octanol–water partition coefficient (Wildman–Crippen LogP) is 1.48. The van der Waals surface area contributed by atoms with Crippen molar-refractivity contribution in [1.82, 2.24) is 0 Å². The normalized spacial score (nSPS) is 37.7. The highest BCUT2D eigenvalue weighted by molar-refractivity contribution is 5.73. The van der Waals surface area contributed by atoms with Crippen LogP contribution in [0, 0.1) is 5.92 Å². The molecule has 2 fully saturated rings. The van der Waals surface area contributed by atoms with E-state index in [9.17, 15) is 4.79 Å². The van der Waals surface area contributed by atoms with Crippen LogP contribution in [0.4, 0.5) is 0 Å². The van der Waals surface area contributed by atoms with E-state index in [1.165, 1.54) is 0 Å². The van der Waals surface area contributed by atoms with E-state index in [4.69, 9.17) is 14.2 Å². The molecule has 0 aromatic rings. The molecule has 1 saturated carbocycles. The molecule has 0 amide bonds. The van der Waals surface area contributed by atoms with Gasteiger partial charge in [0.2, 0.25) is 0 Å². The van der Waals surface area contributed by atoms with E-state index in [-0.39, 0.29) is 24.1 Å². The average molecular weight is 214 g/mol. The molecule has 86 valence electrons. The van der Waals surface area contributed by atoms with Crippen LogP contribution in [-0.4, -0.2) is 30.6 Å². The van der Waals surface area contributed by atoms with E-state index in [2.05, 4.69) is 0 Å². The van der Waals surface area contributed by atoms with E-state index >= 15 is 0 Å². The third-order valence-electron chi connectivity index (χ3n) is 2.97. The molecule has 15 heavy (non-hydrogen) atoms. The van der Waals surface area contributed by atoms with Gasteiger partial charge in [0.15, 0.2) is 5.79 Å². The van der Waals surface area contributed by atoms with Gasteiger partial charge in [-0.15, -0.1) is 0 Å². The van der Waals surface area contributed by atoms with Gasteiger partial charge in [-0.2, -0.15) is 0 Å². The summed E-state index contributed by atoms with van der Waals surface area (Å²) in [6, 6.07) is 0. The second kappa shape index (κ2) is 3.76. The van der Waals surface area contributed by atoms with Crippen LogP contribution in [-0.2, 0) is 19.0 Å². The largest absolute Gasteiger partial charge is 0.466 e. The Morgan fingerprint density at radius 2 is 2.13 bits per heavy atom. The molecule has 1 saturated heterocycles. The highest BCUT2D eigenvalue weighted by Gasteiger charge is 2.51. The number of esters is 1. The first-order valence-electron chi connectivity index (χ1n) is 5.56. The van der Waals surface area contributed by atoms with E-state index in [0.29, 0.717) is 6.61 Å². The van der Waals surface area contributed by atoms with Crippen LogP contribution in [0.25, 0.3) is 0 Å². The fourth-order valence-electron chi connectivity index (χ4n) is 2.44. The summed E-state index contributed by atoms with van der Waals surface area (Å²) in [5.41, 5.74) is 0. The Hall–Kier alpha value is -0.610. The lowest BCUT2D eigenvalue weighted by Gasteiger charge is -2.20. The molecule has 1 aliphatic carbocycles. The van der Waals surface area contributed by atoms with Crippen molar-refractivity contribution in [1.29, 1.82) is 0 Å².